The maximum Gasteiger partial charge on any atom is 0.161 e. The molecule has 0 fully saturated rings. The van der Waals surface area contributed by atoms with Crippen LogP contribution in [-0.2, 0) is 0 Å². The van der Waals surface area contributed by atoms with Crippen molar-refractivity contribution in [2.24, 2.45) is 0 Å². The van der Waals surface area contributed by atoms with Gasteiger partial charge in [-0.05, 0) is 19.9 Å². The Labute approximate surface area is 85.1 Å². The van der Waals surface area contributed by atoms with E-state index in [0.29, 0.717) is 15.6 Å². The Kier molecular flexibility index (Phi) is 2.98. The largest absolute Gasteiger partial charge is 0.294 e. The molecule has 0 aliphatic rings. The van der Waals surface area contributed by atoms with Crippen molar-refractivity contribution < 1.29 is 9.59 Å². The fourth-order valence-corrected chi connectivity index (χ4v) is 1.82. The van der Waals surface area contributed by atoms with Gasteiger partial charge < -0.3 is 0 Å². The first-order chi connectivity index (χ1) is 6.04. The third-order valence-electron chi connectivity index (χ3n) is 1.74. The van der Waals surface area contributed by atoms with E-state index in [1.807, 2.05) is 0 Å². The summed E-state index contributed by atoms with van der Waals surface area (Å²) < 4.78 is 0.674. The zero-order chi connectivity index (χ0) is 10.0. The van der Waals surface area contributed by atoms with Crippen molar-refractivity contribution in [3.8, 4) is 0 Å². The summed E-state index contributed by atoms with van der Waals surface area (Å²) in [5.41, 5.74) is 0.942. The summed E-state index contributed by atoms with van der Waals surface area (Å²) in [6.07, 6.45) is 0. The van der Waals surface area contributed by atoms with E-state index in [9.17, 15) is 9.59 Å². The first kappa shape index (κ1) is 10.1. The Bertz CT molecular complexity index is 369. The van der Waals surface area contributed by atoms with Gasteiger partial charge in [0.05, 0.1) is 0 Å². The first-order valence-corrected chi connectivity index (χ1v) is 4.63. The molecule has 0 unspecified atom stereocenters. The summed E-state index contributed by atoms with van der Waals surface area (Å²) in [5.74, 6) is -0.191. The zero-order valence-electron chi connectivity index (χ0n) is 7.43. The highest BCUT2D eigenvalue weighted by atomic mass is 79.9. The van der Waals surface area contributed by atoms with E-state index >= 15 is 0 Å². The molecule has 0 atom stereocenters. The summed E-state index contributed by atoms with van der Waals surface area (Å²) in [4.78, 5) is 22.4. The average Bonchev–Trinajstić information content (AvgIpc) is 2.02. The Balaban J connectivity index is 3.43. The molecule has 0 saturated carbocycles. The highest BCUT2D eigenvalue weighted by molar-refractivity contribution is 9.10. The number of carbonyl (C=O) groups excluding carboxylic acids is 2. The second kappa shape index (κ2) is 3.83. The van der Waals surface area contributed by atoms with Crippen molar-refractivity contribution in [3.63, 3.8) is 0 Å². The molecular weight excluding hydrogens is 232 g/mol. The normalized spacial score (nSPS) is 9.77. The van der Waals surface area contributed by atoms with Crippen LogP contribution < -0.4 is 0 Å². The van der Waals surface area contributed by atoms with Gasteiger partial charge in [-0.2, -0.15) is 0 Å². The number of benzene rings is 1. The van der Waals surface area contributed by atoms with Gasteiger partial charge in [-0.25, -0.2) is 0 Å². The molecule has 0 N–H and O–H groups in total. The Morgan fingerprint density at radius 1 is 1.15 bits per heavy atom. The van der Waals surface area contributed by atoms with Crippen LogP contribution in [0.15, 0.2) is 22.7 Å². The van der Waals surface area contributed by atoms with E-state index in [2.05, 4.69) is 15.9 Å². The summed E-state index contributed by atoms with van der Waals surface area (Å²) >= 11 is 3.24. The molecular formula is C10H9BrO2. The summed E-state index contributed by atoms with van der Waals surface area (Å²) in [6, 6.07) is 5.15. The minimum atomic E-state index is -0.0994. The van der Waals surface area contributed by atoms with Crippen LogP contribution in [0.4, 0.5) is 0 Å². The van der Waals surface area contributed by atoms with Crippen molar-refractivity contribution in [2.45, 2.75) is 13.8 Å². The standard InChI is InChI=1S/C10H9BrO2/c1-6(12)8-4-3-5-9(11)10(8)7(2)13/h3-5H,1-2H3. The number of hydrogen-bond donors (Lipinski definition) is 0. The van der Waals surface area contributed by atoms with Gasteiger partial charge in [0, 0.05) is 15.6 Å². The predicted octanol–water partition coefficient (Wildman–Crippen LogP) is 2.85. The van der Waals surface area contributed by atoms with E-state index in [4.69, 9.17) is 0 Å². The van der Waals surface area contributed by atoms with Crippen LogP contribution in [0.1, 0.15) is 34.6 Å². The molecule has 1 aromatic carbocycles. The SMILES string of the molecule is CC(=O)c1cccc(Br)c1C(C)=O. The molecule has 0 saturated heterocycles. The van der Waals surface area contributed by atoms with Gasteiger partial charge in [0.15, 0.2) is 11.6 Å². The number of halogens is 1. The summed E-state index contributed by atoms with van der Waals surface area (Å²) in [5, 5.41) is 0. The maximum absolute atomic E-state index is 11.2. The van der Waals surface area contributed by atoms with Gasteiger partial charge in [0.2, 0.25) is 0 Å². The summed E-state index contributed by atoms with van der Waals surface area (Å²) in [6.45, 7) is 2.90. The molecule has 0 aliphatic heterocycles. The number of rotatable bonds is 2. The fourth-order valence-electron chi connectivity index (χ4n) is 1.18. The minimum absolute atomic E-state index is 0.0912. The van der Waals surface area contributed by atoms with Crippen LogP contribution in [0, 0.1) is 0 Å². The Morgan fingerprint density at radius 3 is 2.15 bits per heavy atom. The van der Waals surface area contributed by atoms with Crippen molar-refractivity contribution in [1.82, 2.24) is 0 Å². The van der Waals surface area contributed by atoms with Crippen LogP contribution in [0.3, 0.4) is 0 Å². The van der Waals surface area contributed by atoms with Crippen LogP contribution in [0.2, 0.25) is 0 Å². The van der Waals surface area contributed by atoms with Crippen LogP contribution in [-0.4, -0.2) is 11.6 Å². The highest BCUT2D eigenvalue weighted by Gasteiger charge is 2.13. The molecule has 68 valence electrons. The molecule has 0 aliphatic carbocycles. The smallest absolute Gasteiger partial charge is 0.161 e. The molecule has 1 rings (SSSR count). The van der Waals surface area contributed by atoms with Crippen molar-refractivity contribution in [2.75, 3.05) is 0 Å². The van der Waals surface area contributed by atoms with Gasteiger partial charge in [-0.1, -0.05) is 28.1 Å². The second-order valence-electron chi connectivity index (χ2n) is 2.77. The molecule has 3 heteroatoms. The van der Waals surface area contributed by atoms with Gasteiger partial charge in [-0.15, -0.1) is 0 Å². The number of hydrogen-bond acceptors (Lipinski definition) is 2. The minimum Gasteiger partial charge on any atom is -0.294 e. The van der Waals surface area contributed by atoms with E-state index in [0.717, 1.165) is 0 Å². The Hall–Kier alpha value is -0.960. The number of ketones is 2. The van der Waals surface area contributed by atoms with Gasteiger partial charge in [0.1, 0.15) is 0 Å². The lowest BCUT2D eigenvalue weighted by Gasteiger charge is -2.04. The van der Waals surface area contributed by atoms with Crippen LogP contribution in [0.25, 0.3) is 0 Å². The second-order valence-corrected chi connectivity index (χ2v) is 3.63. The van der Waals surface area contributed by atoms with Crippen molar-refractivity contribution in [3.05, 3.63) is 33.8 Å². The molecule has 2 nitrogen and oxygen atoms in total. The highest BCUT2D eigenvalue weighted by Crippen LogP contribution is 2.21. The van der Waals surface area contributed by atoms with E-state index in [-0.39, 0.29) is 11.6 Å². The predicted molar refractivity (Wildman–Crippen MR) is 54.2 cm³/mol. The van der Waals surface area contributed by atoms with Gasteiger partial charge in [-0.3, -0.25) is 9.59 Å². The summed E-state index contributed by atoms with van der Waals surface area (Å²) in [7, 11) is 0. The van der Waals surface area contributed by atoms with E-state index in [1.165, 1.54) is 13.8 Å². The van der Waals surface area contributed by atoms with Crippen LogP contribution >= 0.6 is 15.9 Å². The molecule has 0 spiro atoms. The van der Waals surface area contributed by atoms with Gasteiger partial charge >= 0.3 is 0 Å². The van der Waals surface area contributed by atoms with E-state index < -0.39 is 0 Å². The quantitative estimate of drug-likeness (QED) is 0.746. The molecule has 0 heterocycles. The van der Waals surface area contributed by atoms with Crippen molar-refractivity contribution >= 4 is 27.5 Å². The third-order valence-corrected chi connectivity index (χ3v) is 2.41. The zero-order valence-corrected chi connectivity index (χ0v) is 9.01. The molecule has 13 heavy (non-hydrogen) atoms. The monoisotopic (exact) mass is 240 g/mol. The maximum atomic E-state index is 11.2. The lowest BCUT2D eigenvalue weighted by Crippen LogP contribution is -2.04. The number of Topliss-reactive ketones (excluding diaryl/α,β-unsaturated/α-hetero) is 2. The molecule has 0 amide bonds. The lowest BCUT2D eigenvalue weighted by molar-refractivity contribution is 0.0980. The molecule has 0 radical (unpaired) electrons. The van der Waals surface area contributed by atoms with Crippen molar-refractivity contribution in [1.29, 1.82) is 0 Å². The van der Waals surface area contributed by atoms with Gasteiger partial charge in [0.25, 0.3) is 0 Å². The lowest BCUT2D eigenvalue weighted by atomic mass is 10.0. The van der Waals surface area contributed by atoms with E-state index in [1.54, 1.807) is 18.2 Å². The third kappa shape index (κ3) is 2.04. The fraction of sp³-hybridized carbons (Fsp3) is 0.200. The Morgan fingerprint density at radius 2 is 1.77 bits per heavy atom. The molecule has 0 bridgehead atoms. The molecule has 1 aromatic rings. The average molecular weight is 241 g/mol. The molecule has 0 aromatic heterocycles. The topological polar surface area (TPSA) is 34.1 Å². The first-order valence-electron chi connectivity index (χ1n) is 3.84. The number of carbonyl (C=O) groups is 2. The van der Waals surface area contributed by atoms with Crippen LogP contribution in [0.5, 0.6) is 0 Å².